The molecule has 0 saturated heterocycles. The van der Waals surface area contributed by atoms with E-state index in [2.05, 4.69) is 4.65 Å². The first-order chi connectivity index (χ1) is 8.00. The van der Waals surface area contributed by atoms with Gasteiger partial charge in [0.15, 0.2) is 0 Å². The van der Waals surface area contributed by atoms with Gasteiger partial charge in [0.25, 0.3) is 0 Å². The molecule has 0 atom stereocenters. The van der Waals surface area contributed by atoms with Gasteiger partial charge in [0, 0.05) is 29.6 Å². The van der Waals surface area contributed by atoms with Crippen molar-refractivity contribution < 1.29 is 41.0 Å². The van der Waals surface area contributed by atoms with Crippen LogP contribution in [0, 0.1) is 0 Å². The van der Waals surface area contributed by atoms with E-state index >= 15 is 0 Å². The molecule has 0 spiro atoms. The number of hydrogen-bond acceptors (Lipinski definition) is 3. The Morgan fingerprint density at radius 1 is 0.842 bits per heavy atom. The Morgan fingerprint density at radius 2 is 1.21 bits per heavy atom. The summed E-state index contributed by atoms with van der Waals surface area (Å²) in [7, 11) is -2.52. The number of rotatable bonds is 2. The van der Waals surface area contributed by atoms with Gasteiger partial charge in [0.05, 0.1) is 11.1 Å². The van der Waals surface area contributed by atoms with Gasteiger partial charge in [0.1, 0.15) is 5.75 Å². The van der Waals surface area contributed by atoms with Gasteiger partial charge in [-0.2, -0.15) is 26.3 Å². The fraction of sp³-hybridized carbons (Fsp3) is 0.250. The monoisotopic (exact) mass is 297 g/mol. The Labute approximate surface area is 125 Å². The summed E-state index contributed by atoms with van der Waals surface area (Å²) in [6, 6.07) is 0.361. The maximum absolute atomic E-state index is 12.3. The predicted molar refractivity (Wildman–Crippen MR) is 53.0 cm³/mol. The fourth-order valence-electron chi connectivity index (χ4n) is 1.12. The van der Waals surface area contributed by atoms with Crippen molar-refractivity contribution in [3.63, 3.8) is 0 Å². The van der Waals surface area contributed by atoms with E-state index in [9.17, 15) is 26.3 Å². The number of halogens is 6. The van der Waals surface area contributed by atoms with Crippen LogP contribution in [0.1, 0.15) is 11.1 Å². The zero-order valence-corrected chi connectivity index (χ0v) is 11.4. The molecule has 19 heavy (non-hydrogen) atoms. The van der Waals surface area contributed by atoms with Crippen molar-refractivity contribution in [1.82, 2.24) is 0 Å². The SMILES string of the molecule is OB(O)Oc1cc(C(F)(F)F)cc(C(F)(F)F)c1.[Na]. The van der Waals surface area contributed by atoms with E-state index in [0.29, 0.717) is 0 Å². The third-order valence-corrected chi connectivity index (χ3v) is 1.80. The predicted octanol–water partition coefficient (Wildman–Crippen LogP) is 1.69. The Balaban J connectivity index is 0.00000324. The van der Waals surface area contributed by atoms with Crippen molar-refractivity contribution in [2.75, 3.05) is 0 Å². The van der Waals surface area contributed by atoms with E-state index in [1.54, 1.807) is 0 Å². The maximum Gasteiger partial charge on any atom is 0.707 e. The fourth-order valence-corrected chi connectivity index (χ4v) is 1.12. The molecule has 0 unspecified atom stereocenters. The average Bonchev–Trinajstić information content (AvgIpc) is 2.13. The Bertz CT molecular complexity index is 401. The van der Waals surface area contributed by atoms with E-state index < -0.39 is 36.6 Å². The Kier molecular flexibility index (Phi) is 6.22. The molecular formula is C8H5BF6NaO3. The molecule has 3 nitrogen and oxygen atoms in total. The van der Waals surface area contributed by atoms with Gasteiger partial charge in [-0.05, 0) is 18.2 Å². The molecular weight excluding hydrogens is 292 g/mol. The van der Waals surface area contributed by atoms with Crippen molar-refractivity contribution in [2.45, 2.75) is 12.4 Å². The standard InChI is InChI=1S/C8H5BF6O3.Na/c10-7(11,12)4-1-5(8(13,14)15)3-6(2-4)18-9(16)17;/h1-3,16-17H;. The summed E-state index contributed by atoms with van der Waals surface area (Å²) >= 11 is 0. The molecule has 11 heteroatoms. The van der Waals surface area contributed by atoms with E-state index in [1.807, 2.05) is 0 Å². The first kappa shape index (κ1) is 18.6. The third kappa shape index (κ3) is 5.61. The minimum Gasteiger partial charge on any atom is -0.512 e. The summed E-state index contributed by atoms with van der Waals surface area (Å²) in [6.07, 6.45) is -10.0. The molecule has 0 bridgehead atoms. The summed E-state index contributed by atoms with van der Waals surface area (Å²) in [5.74, 6) is -0.952. The summed E-state index contributed by atoms with van der Waals surface area (Å²) in [5, 5.41) is 16.7. The second-order valence-corrected chi connectivity index (χ2v) is 3.19. The van der Waals surface area contributed by atoms with Crippen molar-refractivity contribution in [2.24, 2.45) is 0 Å². The van der Waals surface area contributed by atoms with Crippen molar-refractivity contribution >= 4 is 36.9 Å². The van der Waals surface area contributed by atoms with Gasteiger partial charge in [-0.25, -0.2) is 0 Å². The minimum atomic E-state index is -5.01. The van der Waals surface area contributed by atoms with Gasteiger partial charge < -0.3 is 14.7 Å². The normalized spacial score (nSPS) is 11.8. The average molecular weight is 297 g/mol. The van der Waals surface area contributed by atoms with Crippen LogP contribution in [0.15, 0.2) is 18.2 Å². The second kappa shape index (κ2) is 6.36. The maximum atomic E-state index is 12.3. The molecule has 1 rings (SSSR count). The smallest absolute Gasteiger partial charge is 0.512 e. The molecule has 2 N–H and O–H groups in total. The van der Waals surface area contributed by atoms with Crippen molar-refractivity contribution in [3.05, 3.63) is 29.3 Å². The van der Waals surface area contributed by atoms with Crippen molar-refractivity contribution in [3.8, 4) is 5.75 Å². The van der Waals surface area contributed by atoms with Crippen LogP contribution in [0.4, 0.5) is 26.3 Å². The topological polar surface area (TPSA) is 49.7 Å². The van der Waals surface area contributed by atoms with Gasteiger partial charge in [0.2, 0.25) is 0 Å². The Morgan fingerprint density at radius 3 is 1.47 bits per heavy atom. The van der Waals surface area contributed by atoms with Crippen LogP contribution in [0.5, 0.6) is 5.75 Å². The molecule has 0 saturated carbocycles. The van der Waals surface area contributed by atoms with Crippen LogP contribution >= 0.6 is 0 Å². The van der Waals surface area contributed by atoms with Crippen LogP contribution in [0.25, 0.3) is 0 Å². The molecule has 0 fully saturated rings. The third-order valence-electron chi connectivity index (χ3n) is 1.80. The largest absolute Gasteiger partial charge is 0.707 e. The first-order valence-corrected chi connectivity index (χ1v) is 4.32. The summed E-state index contributed by atoms with van der Waals surface area (Å²) in [5.41, 5.74) is -3.21. The summed E-state index contributed by atoms with van der Waals surface area (Å²) in [4.78, 5) is 0. The minimum absolute atomic E-state index is 0. The van der Waals surface area contributed by atoms with Crippen LogP contribution in [-0.2, 0) is 12.4 Å². The molecule has 0 amide bonds. The number of benzene rings is 1. The molecule has 1 radical (unpaired) electrons. The molecule has 0 aliphatic carbocycles. The van der Waals surface area contributed by atoms with E-state index in [4.69, 9.17) is 10.0 Å². The zero-order valence-electron chi connectivity index (χ0n) is 9.38. The second-order valence-electron chi connectivity index (χ2n) is 3.19. The van der Waals surface area contributed by atoms with E-state index in [1.165, 1.54) is 0 Å². The molecule has 0 heterocycles. The zero-order chi connectivity index (χ0) is 14.1. The molecule has 101 valence electrons. The van der Waals surface area contributed by atoms with Gasteiger partial charge in [-0.3, -0.25) is 0 Å². The van der Waals surface area contributed by atoms with Crippen molar-refractivity contribution in [1.29, 1.82) is 0 Å². The van der Waals surface area contributed by atoms with E-state index in [0.717, 1.165) is 0 Å². The molecule has 1 aromatic rings. The number of alkyl halides is 6. The summed E-state index contributed by atoms with van der Waals surface area (Å²) < 4.78 is 78.0. The molecule has 1 aromatic carbocycles. The van der Waals surface area contributed by atoms with Crippen LogP contribution in [0.3, 0.4) is 0 Å². The van der Waals surface area contributed by atoms with Crippen LogP contribution in [-0.4, -0.2) is 46.9 Å². The van der Waals surface area contributed by atoms with Crippen LogP contribution in [0.2, 0.25) is 0 Å². The van der Waals surface area contributed by atoms with Gasteiger partial charge in [-0.15, -0.1) is 0 Å². The van der Waals surface area contributed by atoms with Gasteiger partial charge in [-0.1, -0.05) is 0 Å². The first-order valence-electron chi connectivity index (χ1n) is 4.32. The van der Waals surface area contributed by atoms with Crippen LogP contribution < -0.4 is 4.65 Å². The molecule has 0 aliphatic heterocycles. The molecule has 0 aliphatic rings. The number of hydrogen-bond donors (Lipinski definition) is 2. The summed E-state index contributed by atoms with van der Waals surface area (Å²) in [6.45, 7) is 0. The Hall–Kier alpha value is -0.415. The van der Waals surface area contributed by atoms with E-state index in [-0.39, 0.29) is 47.8 Å². The molecule has 0 aromatic heterocycles. The van der Waals surface area contributed by atoms with Gasteiger partial charge >= 0.3 is 19.7 Å². The quantitative estimate of drug-likeness (QED) is 0.645.